The second-order valence-corrected chi connectivity index (χ2v) is 4.21. The summed E-state index contributed by atoms with van der Waals surface area (Å²) in [5.74, 6) is 0. The van der Waals surface area contributed by atoms with Gasteiger partial charge in [0.2, 0.25) is 0 Å². The van der Waals surface area contributed by atoms with Gasteiger partial charge in [0.15, 0.2) is 0 Å². The fraction of sp³-hybridized carbons (Fsp3) is 0.250. The van der Waals surface area contributed by atoms with E-state index in [0.717, 1.165) is 0 Å². The largest absolute Gasteiger partial charge is 0.345 e. The van der Waals surface area contributed by atoms with Crippen molar-refractivity contribution < 1.29 is 23.1 Å². The minimum atomic E-state index is -3.78. The standard InChI is InChI=1S/C8H11NO5S/c1-13-8(10)14-9-15(11,12)7-5-3-2-4-6-7/h2-6,8-10H,1H3. The van der Waals surface area contributed by atoms with Crippen molar-refractivity contribution in [1.82, 2.24) is 4.89 Å². The number of rotatable bonds is 5. The smallest absolute Gasteiger partial charge is 0.286 e. The van der Waals surface area contributed by atoms with E-state index in [9.17, 15) is 8.42 Å². The van der Waals surface area contributed by atoms with Gasteiger partial charge < -0.3 is 9.84 Å². The first kappa shape index (κ1) is 12.1. The Morgan fingerprint density at radius 1 is 1.33 bits per heavy atom. The van der Waals surface area contributed by atoms with E-state index in [2.05, 4.69) is 9.57 Å². The van der Waals surface area contributed by atoms with Crippen LogP contribution in [0, 0.1) is 0 Å². The molecule has 1 rings (SSSR count). The maximum atomic E-state index is 11.4. The van der Waals surface area contributed by atoms with Crippen molar-refractivity contribution in [3.05, 3.63) is 30.3 Å². The highest BCUT2D eigenvalue weighted by Crippen LogP contribution is 2.06. The Morgan fingerprint density at radius 3 is 2.47 bits per heavy atom. The molecule has 0 aromatic heterocycles. The summed E-state index contributed by atoms with van der Waals surface area (Å²) in [4.78, 5) is 6.06. The van der Waals surface area contributed by atoms with Crippen molar-refractivity contribution in [3.63, 3.8) is 0 Å². The van der Waals surface area contributed by atoms with Gasteiger partial charge in [-0.2, -0.15) is 0 Å². The van der Waals surface area contributed by atoms with E-state index in [4.69, 9.17) is 5.11 Å². The van der Waals surface area contributed by atoms with Crippen molar-refractivity contribution in [1.29, 1.82) is 0 Å². The normalized spacial score (nSPS) is 13.7. The van der Waals surface area contributed by atoms with Crippen LogP contribution in [0.1, 0.15) is 0 Å². The van der Waals surface area contributed by atoms with Gasteiger partial charge in [-0.05, 0) is 12.1 Å². The maximum absolute atomic E-state index is 11.4. The fourth-order valence-corrected chi connectivity index (χ4v) is 1.62. The predicted molar refractivity (Wildman–Crippen MR) is 50.9 cm³/mol. The molecule has 0 saturated heterocycles. The number of sulfonamides is 1. The van der Waals surface area contributed by atoms with Crippen LogP contribution in [0.25, 0.3) is 0 Å². The monoisotopic (exact) mass is 233 g/mol. The molecule has 0 saturated carbocycles. The van der Waals surface area contributed by atoms with Gasteiger partial charge in [-0.1, -0.05) is 23.1 Å². The summed E-state index contributed by atoms with van der Waals surface area (Å²) < 4.78 is 27.2. The molecule has 2 N–H and O–H groups in total. The van der Waals surface area contributed by atoms with E-state index < -0.39 is 16.5 Å². The van der Waals surface area contributed by atoms with Gasteiger partial charge >= 0.3 is 0 Å². The molecular formula is C8H11NO5S. The number of hydrogen-bond donors (Lipinski definition) is 2. The third-order valence-electron chi connectivity index (χ3n) is 1.51. The van der Waals surface area contributed by atoms with Gasteiger partial charge in [-0.3, -0.25) is 0 Å². The zero-order valence-corrected chi connectivity index (χ0v) is 8.77. The second kappa shape index (κ2) is 5.19. The summed E-state index contributed by atoms with van der Waals surface area (Å²) in [6, 6.07) is 7.61. The fourth-order valence-electron chi connectivity index (χ4n) is 0.800. The second-order valence-electron chi connectivity index (χ2n) is 2.56. The molecule has 0 spiro atoms. The number of hydrogen-bond acceptors (Lipinski definition) is 5. The molecule has 15 heavy (non-hydrogen) atoms. The maximum Gasteiger partial charge on any atom is 0.286 e. The molecule has 0 radical (unpaired) electrons. The van der Waals surface area contributed by atoms with Gasteiger partial charge in [-0.25, -0.2) is 13.3 Å². The van der Waals surface area contributed by atoms with E-state index in [1.165, 1.54) is 19.2 Å². The van der Waals surface area contributed by atoms with Crippen molar-refractivity contribution >= 4 is 10.0 Å². The van der Waals surface area contributed by atoms with Crippen LogP contribution < -0.4 is 4.89 Å². The minimum absolute atomic E-state index is 0.0355. The average molecular weight is 233 g/mol. The number of nitrogens with one attached hydrogen (secondary N) is 1. The van der Waals surface area contributed by atoms with Crippen molar-refractivity contribution in [2.45, 2.75) is 11.4 Å². The van der Waals surface area contributed by atoms with Gasteiger partial charge in [0, 0.05) is 7.11 Å². The van der Waals surface area contributed by atoms with E-state index in [1.54, 1.807) is 23.1 Å². The third kappa shape index (κ3) is 3.57. The first-order valence-corrected chi connectivity index (χ1v) is 5.48. The molecule has 1 aromatic rings. The molecule has 1 unspecified atom stereocenters. The third-order valence-corrected chi connectivity index (χ3v) is 2.72. The summed E-state index contributed by atoms with van der Waals surface area (Å²) in [6.07, 6.45) is 0. The van der Waals surface area contributed by atoms with E-state index >= 15 is 0 Å². The molecule has 1 aromatic carbocycles. The summed E-state index contributed by atoms with van der Waals surface area (Å²) >= 11 is 0. The molecule has 0 bridgehead atoms. The number of aliphatic hydroxyl groups excluding tert-OH is 1. The lowest BCUT2D eigenvalue weighted by atomic mass is 10.4. The molecule has 0 aliphatic heterocycles. The average Bonchev–Trinajstić information content (AvgIpc) is 2.27. The van der Waals surface area contributed by atoms with Crippen LogP contribution in [-0.4, -0.2) is 27.1 Å². The van der Waals surface area contributed by atoms with Gasteiger partial charge in [0.25, 0.3) is 16.5 Å². The number of methoxy groups -OCH3 is 1. The minimum Gasteiger partial charge on any atom is -0.345 e. The Bertz CT molecular complexity index is 391. The Kier molecular flexibility index (Phi) is 4.18. The SMILES string of the molecule is COC(O)ONS(=O)(=O)c1ccccc1. The Balaban J connectivity index is 2.69. The molecule has 0 fully saturated rings. The zero-order chi connectivity index (χ0) is 11.3. The molecule has 6 nitrogen and oxygen atoms in total. The molecule has 0 heterocycles. The van der Waals surface area contributed by atoms with Crippen LogP contribution in [0.15, 0.2) is 35.2 Å². The molecule has 0 aliphatic rings. The summed E-state index contributed by atoms with van der Waals surface area (Å²) in [7, 11) is -2.61. The van der Waals surface area contributed by atoms with Crippen LogP contribution in [0.5, 0.6) is 0 Å². The quantitative estimate of drug-likeness (QED) is 0.544. The molecular weight excluding hydrogens is 222 g/mol. The van der Waals surface area contributed by atoms with Crippen molar-refractivity contribution in [2.75, 3.05) is 7.11 Å². The van der Waals surface area contributed by atoms with Crippen LogP contribution in [-0.2, 0) is 19.6 Å². The Morgan fingerprint density at radius 2 is 1.93 bits per heavy atom. The predicted octanol–water partition coefficient (Wildman–Crippen LogP) is -0.181. The van der Waals surface area contributed by atoms with E-state index in [1.807, 2.05) is 0 Å². The van der Waals surface area contributed by atoms with E-state index in [0.29, 0.717) is 0 Å². The summed E-state index contributed by atoms with van der Waals surface area (Å²) in [6.45, 7) is -1.64. The van der Waals surface area contributed by atoms with Crippen LogP contribution in [0.2, 0.25) is 0 Å². The van der Waals surface area contributed by atoms with Crippen molar-refractivity contribution in [2.24, 2.45) is 0 Å². The molecule has 7 heteroatoms. The van der Waals surface area contributed by atoms with Gasteiger partial charge in [-0.15, -0.1) is 0 Å². The number of benzene rings is 1. The van der Waals surface area contributed by atoms with Gasteiger partial charge in [0.05, 0.1) is 4.90 Å². The number of aliphatic hydroxyl groups is 1. The molecule has 1 atom stereocenters. The first-order valence-electron chi connectivity index (χ1n) is 3.99. The first-order chi connectivity index (χ1) is 7.06. The lowest BCUT2D eigenvalue weighted by Crippen LogP contribution is -2.30. The van der Waals surface area contributed by atoms with Crippen LogP contribution in [0.3, 0.4) is 0 Å². The summed E-state index contributed by atoms with van der Waals surface area (Å²) in [5, 5.41) is 8.80. The molecule has 0 aliphatic carbocycles. The van der Waals surface area contributed by atoms with E-state index in [-0.39, 0.29) is 4.90 Å². The highest BCUT2D eigenvalue weighted by Gasteiger charge is 2.15. The number of ether oxygens (including phenoxy) is 1. The Hall–Kier alpha value is -0.990. The highest BCUT2D eigenvalue weighted by molar-refractivity contribution is 7.89. The molecule has 0 amide bonds. The molecule has 84 valence electrons. The lowest BCUT2D eigenvalue weighted by Gasteiger charge is -2.10. The lowest BCUT2D eigenvalue weighted by molar-refractivity contribution is -0.264. The Labute approximate surface area is 87.4 Å². The highest BCUT2D eigenvalue weighted by atomic mass is 32.2. The van der Waals surface area contributed by atoms with Crippen molar-refractivity contribution in [3.8, 4) is 0 Å². The van der Waals surface area contributed by atoms with Gasteiger partial charge in [0.1, 0.15) is 0 Å². The van der Waals surface area contributed by atoms with Crippen LogP contribution >= 0.6 is 0 Å². The van der Waals surface area contributed by atoms with Crippen LogP contribution in [0.4, 0.5) is 0 Å². The summed E-state index contributed by atoms with van der Waals surface area (Å²) in [5.41, 5.74) is 0. The zero-order valence-electron chi connectivity index (χ0n) is 7.95. The topological polar surface area (TPSA) is 84.9 Å².